The highest BCUT2D eigenvalue weighted by Gasteiger charge is 2.35. The summed E-state index contributed by atoms with van der Waals surface area (Å²) < 4.78 is 10.8. The van der Waals surface area contributed by atoms with Gasteiger partial charge in [0.25, 0.3) is 0 Å². The molecule has 0 aliphatic rings. The average molecular weight is 539 g/mol. The van der Waals surface area contributed by atoms with Gasteiger partial charge in [0.2, 0.25) is 0 Å². The van der Waals surface area contributed by atoms with E-state index in [-0.39, 0.29) is 23.8 Å². The van der Waals surface area contributed by atoms with E-state index in [9.17, 15) is 9.59 Å². The van der Waals surface area contributed by atoms with Gasteiger partial charge in [-0.05, 0) is 50.4 Å². The topological polar surface area (TPSA) is 52.6 Å². The third-order valence-corrected chi connectivity index (χ3v) is 7.55. The highest BCUT2D eigenvalue weighted by atomic mass is 16.5. The average Bonchev–Trinajstić information content (AvgIpc) is 2.81. The summed E-state index contributed by atoms with van der Waals surface area (Å²) in [5.74, 6) is -1.19. The van der Waals surface area contributed by atoms with Gasteiger partial charge in [0, 0.05) is 0 Å². The van der Waals surface area contributed by atoms with Crippen molar-refractivity contribution in [1.82, 2.24) is 0 Å². The number of ether oxygens (including phenoxy) is 2. The van der Waals surface area contributed by atoms with Gasteiger partial charge in [-0.3, -0.25) is 9.59 Å². The van der Waals surface area contributed by atoms with Crippen LogP contribution in [0.4, 0.5) is 0 Å². The third-order valence-electron chi connectivity index (χ3n) is 7.55. The van der Waals surface area contributed by atoms with Gasteiger partial charge in [-0.25, -0.2) is 0 Å². The van der Waals surface area contributed by atoms with Crippen molar-refractivity contribution in [3.8, 4) is 0 Å². The first kappa shape index (κ1) is 36.9. The van der Waals surface area contributed by atoms with Crippen LogP contribution in [0.15, 0.2) is 0 Å². The Hall–Kier alpha value is -1.06. The molecule has 0 radical (unpaired) electrons. The molecule has 0 aromatic heterocycles. The Balaban J connectivity index is 4.55. The molecular weight excluding hydrogens is 472 g/mol. The molecule has 0 saturated carbocycles. The summed E-state index contributed by atoms with van der Waals surface area (Å²) in [4.78, 5) is 25.8. The predicted molar refractivity (Wildman–Crippen MR) is 162 cm³/mol. The summed E-state index contributed by atoms with van der Waals surface area (Å²) >= 11 is 0. The monoisotopic (exact) mass is 538 g/mol. The first-order valence-electron chi connectivity index (χ1n) is 16.2. The van der Waals surface area contributed by atoms with Gasteiger partial charge in [0.15, 0.2) is 0 Å². The molecule has 4 heteroatoms. The van der Waals surface area contributed by atoms with Gasteiger partial charge in [0.05, 0.1) is 25.0 Å². The first-order chi connectivity index (χ1) is 17.9. The van der Waals surface area contributed by atoms with E-state index in [2.05, 4.69) is 41.5 Å². The Labute approximate surface area is 237 Å². The Kier molecular flexibility index (Phi) is 21.1. The Morgan fingerprint density at radius 3 is 1.00 bits per heavy atom. The maximum absolute atomic E-state index is 12.9. The van der Waals surface area contributed by atoms with E-state index in [1.807, 2.05) is 13.8 Å². The number of hydrogen-bond acceptors (Lipinski definition) is 4. The molecule has 0 N–H and O–H groups in total. The number of hydrogen-bond donors (Lipinski definition) is 0. The highest BCUT2D eigenvalue weighted by molar-refractivity contribution is 5.82. The van der Waals surface area contributed by atoms with Gasteiger partial charge >= 0.3 is 11.9 Å². The van der Waals surface area contributed by atoms with Crippen molar-refractivity contribution in [1.29, 1.82) is 0 Å². The maximum Gasteiger partial charge on any atom is 0.309 e. The zero-order valence-corrected chi connectivity index (χ0v) is 26.9. The second-order valence-electron chi connectivity index (χ2n) is 13.9. The predicted octanol–water partition coefficient (Wildman–Crippen LogP) is 10.5. The minimum atomic E-state index is -0.377. The molecule has 0 aliphatic carbocycles. The molecular formula is C34H66O4. The maximum atomic E-state index is 12.9. The molecule has 226 valence electrons. The largest absolute Gasteiger partial charge is 0.466 e. The number of carbonyl (C=O) groups is 2. The summed E-state index contributed by atoms with van der Waals surface area (Å²) in [6.07, 6.45) is 20.9. The number of esters is 2. The van der Waals surface area contributed by atoms with Crippen LogP contribution in [0, 0.1) is 22.7 Å². The molecule has 0 aliphatic heterocycles. The van der Waals surface area contributed by atoms with Gasteiger partial charge in [-0.2, -0.15) is 0 Å². The summed E-state index contributed by atoms with van der Waals surface area (Å²) in [7, 11) is 0. The van der Waals surface area contributed by atoms with Crippen molar-refractivity contribution in [3.63, 3.8) is 0 Å². The lowest BCUT2D eigenvalue weighted by Gasteiger charge is -2.24. The molecule has 0 heterocycles. The van der Waals surface area contributed by atoms with Crippen LogP contribution in [0.1, 0.15) is 171 Å². The van der Waals surface area contributed by atoms with Crippen LogP contribution in [0.2, 0.25) is 0 Å². The Bertz CT molecular complexity index is 532. The standard InChI is InChI=1S/C34H66O4/c1-9-37-31(35)29(25-21-17-13-11-15-19-23-27-33(3,4)5)30(32(36)38-10-2)26-22-18-14-12-16-20-24-28-34(6,7)8/h29-30H,9-28H2,1-8H3. The van der Waals surface area contributed by atoms with Crippen LogP contribution in [0.5, 0.6) is 0 Å². The van der Waals surface area contributed by atoms with Crippen molar-refractivity contribution in [2.24, 2.45) is 22.7 Å². The minimum absolute atomic E-state index is 0.216. The van der Waals surface area contributed by atoms with Gasteiger partial charge in [0.1, 0.15) is 0 Å². The summed E-state index contributed by atoms with van der Waals surface area (Å²) in [6, 6.07) is 0. The van der Waals surface area contributed by atoms with Crippen molar-refractivity contribution in [3.05, 3.63) is 0 Å². The Morgan fingerprint density at radius 2 is 0.737 bits per heavy atom. The van der Waals surface area contributed by atoms with Gasteiger partial charge in [-0.1, -0.05) is 131 Å². The van der Waals surface area contributed by atoms with Gasteiger partial charge in [-0.15, -0.1) is 0 Å². The second kappa shape index (κ2) is 21.7. The summed E-state index contributed by atoms with van der Waals surface area (Å²) in [5, 5.41) is 0. The van der Waals surface area contributed by atoms with E-state index in [4.69, 9.17) is 9.47 Å². The number of unbranched alkanes of at least 4 members (excludes halogenated alkanes) is 12. The molecule has 0 amide bonds. The van der Waals surface area contributed by atoms with Crippen molar-refractivity contribution in [2.75, 3.05) is 13.2 Å². The fraction of sp³-hybridized carbons (Fsp3) is 0.941. The minimum Gasteiger partial charge on any atom is -0.466 e. The quantitative estimate of drug-likeness (QED) is 0.0959. The zero-order chi connectivity index (χ0) is 28.9. The first-order valence-corrected chi connectivity index (χ1v) is 16.2. The highest BCUT2D eigenvalue weighted by Crippen LogP contribution is 2.29. The van der Waals surface area contributed by atoms with Gasteiger partial charge < -0.3 is 9.47 Å². The normalized spacial score (nSPS) is 13.8. The molecule has 0 aromatic rings. The molecule has 0 bridgehead atoms. The van der Waals surface area contributed by atoms with E-state index >= 15 is 0 Å². The summed E-state index contributed by atoms with van der Waals surface area (Å²) in [5.41, 5.74) is 0.868. The van der Waals surface area contributed by atoms with E-state index in [1.165, 1.54) is 77.0 Å². The van der Waals surface area contributed by atoms with Crippen LogP contribution in [-0.4, -0.2) is 25.2 Å². The number of rotatable bonds is 23. The fourth-order valence-electron chi connectivity index (χ4n) is 5.27. The van der Waals surface area contributed by atoms with Crippen molar-refractivity contribution in [2.45, 2.75) is 171 Å². The van der Waals surface area contributed by atoms with Crippen LogP contribution < -0.4 is 0 Å². The van der Waals surface area contributed by atoms with E-state index in [1.54, 1.807) is 0 Å². The molecule has 0 aromatic carbocycles. The van der Waals surface area contributed by atoms with E-state index in [0.717, 1.165) is 38.5 Å². The van der Waals surface area contributed by atoms with Crippen LogP contribution in [0.3, 0.4) is 0 Å². The molecule has 0 spiro atoms. The molecule has 0 fully saturated rings. The van der Waals surface area contributed by atoms with E-state index < -0.39 is 0 Å². The molecule has 2 atom stereocenters. The van der Waals surface area contributed by atoms with Crippen LogP contribution in [-0.2, 0) is 19.1 Å². The molecule has 4 nitrogen and oxygen atoms in total. The number of carbonyl (C=O) groups excluding carboxylic acids is 2. The summed E-state index contributed by atoms with van der Waals surface area (Å²) in [6.45, 7) is 18.3. The SMILES string of the molecule is CCOC(=O)C(CCCCCCCCCC(C)(C)C)C(CCCCCCCCCC(C)(C)C)C(=O)OCC. The van der Waals surface area contributed by atoms with Crippen molar-refractivity contribution >= 4 is 11.9 Å². The molecule has 38 heavy (non-hydrogen) atoms. The lowest BCUT2D eigenvalue weighted by atomic mass is 9.83. The van der Waals surface area contributed by atoms with E-state index in [0.29, 0.717) is 24.0 Å². The third kappa shape index (κ3) is 21.8. The van der Waals surface area contributed by atoms with Crippen molar-refractivity contribution < 1.29 is 19.1 Å². The lowest BCUT2D eigenvalue weighted by Crippen LogP contribution is -2.33. The molecule has 2 unspecified atom stereocenters. The molecule has 0 rings (SSSR count). The zero-order valence-electron chi connectivity index (χ0n) is 26.9. The van der Waals surface area contributed by atoms with Crippen LogP contribution >= 0.6 is 0 Å². The molecule has 0 saturated heterocycles. The Morgan fingerprint density at radius 1 is 0.474 bits per heavy atom. The lowest BCUT2D eigenvalue weighted by molar-refractivity contribution is -0.161. The fourth-order valence-corrected chi connectivity index (χ4v) is 5.27. The second-order valence-corrected chi connectivity index (χ2v) is 13.9. The van der Waals surface area contributed by atoms with Crippen LogP contribution in [0.25, 0.3) is 0 Å². The smallest absolute Gasteiger partial charge is 0.309 e.